The molecule has 0 spiro atoms. The molecule has 0 aromatic heterocycles. The number of aliphatic hydroxyl groups excluding tert-OH is 1. The van der Waals surface area contributed by atoms with E-state index in [1.807, 2.05) is 17.0 Å². The van der Waals surface area contributed by atoms with Gasteiger partial charge in [0.25, 0.3) is 0 Å². The first-order valence-corrected chi connectivity index (χ1v) is 12.5. The van der Waals surface area contributed by atoms with Crippen molar-refractivity contribution in [2.24, 2.45) is 0 Å². The second-order valence-corrected chi connectivity index (χ2v) is 10.2. The molecular weight excluding hydrogens is 453 g/mol. The molecule has 0 unspecified atom stereocenters. The predicted molar refractivity (Wildman–Crippen MR) is 128 cm³/mol. The Bertz CT molecular complexity index is 1000. The molecule has 1 aliphatic carbocycles. The highest BCUT2D eigenvalue weighted by atomic mass is 35.5. The summed E-state index contributed by atoms with van der Waals surface area (Å²) >= 11 is 14.5. The van der Waals surface area contributed by atoms with Gasteiger partial charge in [-0.05, 0) is 48.2 Å². The molecule has 0 bridgehead atoms. The lowest BCUT2D eigenvalue weighted by atomic mass is 10.1. The average molecular weight is 478 g/mol. The molecule has 2 aromatic rings. The van der Waals surface area contributed by atoms with Crippen molar-refractivity contribution in [2.75, 3.05) is 34.5 Å². The molecule has 2 aliphatic heterocycles. The van der Waals surface area contributed by atoms with Gasteiger partial charge in [0.2, 0.25) is 5.91 Å². The Morgan fingerprint density at radius 3 is 2.52 bits per heavy atom. The summed E-state index contributed by atoms with van der Waals surface area (Å²) in [6, 6.07) is 12.2. The van der Waals surface area contributed by atoms with Crippen LogP contribution in [0.1, 0.15) is 24.0 Å². The van der Waals surface area contributed by atoms with E-state index in [-0.39, 0.29) is 18.6 Å². The lowest BCUT2D eigenvalue weighted by Crippen LogP contribution is -2.52. The normalized spacial score (nSPS) is 21.5. The minimum absolute atomic E-state index is 0.147. The standard InChI is InChI=1S/C23H25Cl2N3O2S/c24-18-10-16(12-29)19(25)9-15(18)11-26-14-31-13-22(26)23(30)28-8-7-27(17-5-6-17)20-3-1-2-4-21(20)28/h1-4,9-10,17,22,29H,5-8,11-14H2/t22-/m0/s1. The predicted octanol–water partition coefficient (Wildman–Crippen LogP) is 4.38. The van der Waals surface area contributed by atoms with Gasteiger partial charge in [0, 0.05) is 47.4 Å². The van der Waals surface area contributed by atoms with Crippen molar-refractivity contribution in [1.29, 1.82) is 0 Å². The van der Waals surface area contributed by atoms with Crippen LogP contribution in [0.5, 0.6) is 0 Å². The third-order valence-electron chi connectivity index (χ3n) is 6.32. The number of amides is 1. The second kappa shape index (κ2) is 8.83. The summed E-state index contributed by atoms with van der Waals surface area (Å²) < 4.78 is 0. The van der Waals surface area contributed by atoms with Crippen molar-refractivity contribution in [3.63, 3.8) is 0 Å². The Balaban J connectivity index is 1.37. The van der Waals surface area contributed by atoms with Crippen molar-refractivity contribution < 1.29 is 9.90 Å². The van der Waals surface area contributed by atoms with Gasteiger partial charge in [-0.3, -0.25) is 9.69 Å². The van der Waals surface area contributed by atoms with Crippen LogP contribution in [0, 0.1) is 0 Å². The minimum atomic E-state index is -0.196. The molecule has 1 atom stereocenters. The maximum absolute atomic E-state index is 13.7. The number of aliphatic hydroxyl groups is 1. The lowest BCUT2D eigenvalue weighted by molar-refractivity contribution is -0.122. The molecular formula is C23H25Cl2N3O2S. The largest absolute Gasteiger partial charge is 0.392 e. The second-order valence-electron chi connectivity index (χ2n) is 8.36. The average Bonchev–Trinajstić information content (AvgIpc) is 3.53. The van der Waals surface area contributed by atoms with Crippen LogP contribution in [0.4, 0.5) is 11.4 Å². The van der Waals surface area contributed by atoms with Gasteiger partial charge in [0.15, 0.2) is 0 Å². The number of benzene rings is 2. The van der Waals surface area contributed by atoms with Crippen LogP contribution in [-0.2, 0) is 17.9 Å². The summed E-state index contributed by atoms with van der Waals surface area (Å²) in [7, 11) is 0. The highest BCUT2D eigenvalue weighted by Gasteiger charge is 2.39. The first-order valence-electron chi connectivity index (χ1n) is 10.6. The van der Waals surface area contributed by atoms with Crippen LogP contribution >= 0.6 is 35.0 Å². The molecule has 5 rings (SSSR count). The summed E-state index contributed by atoms with van der Waals surface area (Å²) in [4.78, 5) is 20.3. The van der Waals surface area contributed by atoms with E-state index in [0.717, 1.165) is 36.0 Å². The molecule has 1 saturated heterocycles. The number of thioether (sulfide) groups is 1. The van der Waals surface area contributed by atoms with Crippen LogP contribution in [-0.4, -0.2) is 52.7 Å². The van der Waals surface area contributed by atoms with E-state index in [9.17, 15) is 9.90 Å². The van der Waals surface area contributed by atoms with Crippen LogP contribution < -0.4 is 9.80 Å². The van der Waals surface area contributed by atoms with Crippen LogP contribution in [0.25, 0.3) is 0 Å². The number of carbonyl (C=O) groups excluding carboxylic acids is 1. The van der Waals surface area contributed by atoms with E-state index in [4.69, 9.17) is 23.2 Å². The summed E-state index contributed by atoms with van der Waals surface area (Å²) in [6.45, 7) is 2.01. The van der Waals surface area contributed by atoms with Crippen LogP contribution in [0.15, 0.2) is 36.4 Å². The Morgan fingerprint density at radius 2 is 1.77 bits per heavy atom. The van der Waals surface area contributed by atoms with Crippen molar-refractivity contribution >= 4 is 52.2 Å². The summed E-state index contributed by atoms with van der Waals surface area (Å²) in [5.74, 6) is 1.70. The van der Waals surface area contributed by atoms with E-state index in [0.29, 0.717) is 28.2 Å². The highest BCUT2D eigenvalue weighted by Crippen LogP contribution is 2.40. The fourth-order valence-electron chi connectivity index (χ4n) is 4.51. The van der Waals surface area contributed by atoms with E-state index < -0.39 is 0 Å². The van der Waals surface area contributed by atoms with Crippen molar-refractivity contribution in [3.05, 3.63) is 57.6 Å². The molecule has 3 aliphatic rings. The van der Waals surface area contributed by atoms with Gasteiger partial charge in [0.05, 0.1) is 24.0 Å². The number of nitrogens with zero attached hydrogens (tertiary/aromatic N) is 3. The van der Waals surface area contributed by atoms with E-state index >= 15 is 0 Å². The minimum Gasteiger partial charge on any atom is -0.392 e. The molecule has 1 saturated carbocycles. The number of para-hydroxylation sites is 2. The van der Waals surface area contributed by atoms with Crippen LogP contribution in [0.3, 0.4) is 0 Å². The van der Waals surface area contributed by atoms with Gasteiger partial charge in [-0.15, -0.1) is 11.8 Å². The first-order chi connectivity index (χ1) is 15.1. The van der Waals surface area contributed by atoms with Gasteiger partial charge >= 0.3 is 0 Å². The van der Waals surface area contributed by atoms with E-state index in [2.05, 4.69) is 28.0 Å². The number of hydrogen-bond acceptors (Lipinski definition) is 5. The fourth-order valence-corrected chi connectivity index (χ4v) is 6.19. The van der Waals surface area contributed by atoms with Crippen molar-refractivity contribution in [1.82, 2.24) is 4.90 Å². The maximum atomic E-state index is 13.7. The van der Waals surface area contributed by atoms with E-state index in [1.54, 1.807) is 17.8 Å². The third-order valence-corrected chi connectivity index (χ3v) is 8.09. The lowest BCUT2D eigenvalue weighted by Gasteiger charge is -2.39. The Labute approximate surface area is 196 Å². The number of carbonyl (C=O) groups is 1. The van der Waals surface area contributed by atoms with Gasteiger partial charge in [-0.25, -0.2) is 0 Å². The Morgan fingerprint density at radius 1 is 1.06 bits per heavy atom. The van der Waals surface area contributed by atoms with Crippen molar-refractivity contribution in [3.8, 4) is 0 Å². The first kappa shape index (κ1) is 21.4. The number of hydrogen-bond donors (Lipinski definition) is 1. The number of fused-ring (bicyclic) bond motifs is 1. The Hall–Kier alpha value is -1.44. The van der Waals surface area contributed by atoms with Crippen LogP contribution in [0.2, 0.25) is 10.0 Å². The molecule has 1 N–H and O–H groups in total. The number of rotatable bonds is 5. The van der Waals surface area contributed by atoms with Gasteiger partial charge in [0.1, 0.15) is 0 Å². The zero-order valence-corrected chi connectivity index (χ0v) is 19.5. The molecule has 31 heavy (non-hydrogen) atoms. The Kier molecular flexibility index (Phi) is 6.10. The molecule has 0 radical (unpaired) electrons. The summed E-state index contributed by atoms with van der Waals surface area (Å²) in [5, 5.41) is 10.5. The smallest absolute Gasteiger partial charge is 0.245 e. The molecule has 2 aromatic carbocycles. The molecule has 2 fully saturated rings. The third kappa shape index (κ3) is 4.16. The summed E-state index contributed by atoms with van der Waals surface area (Å²) in [5.41, 5.74) is 3.69. The molecule has 164 valence electrons. The molecule has 5 nitrogen and oxygen atoms in total. The van der Waals surface area contributed by atoms with Gasteiger partial charge in [-0.2, -0.15) is 0 Å². The monoisotopic (exact) mass is 477 g/mol. The summed E-state index contributed by atoms with van der Waals surface area (Å²) in [6.07, 6.45) is 2.49. The van der Waals surface area contributed by atoms with Gasteiger partial charge in [-0.1, -0.05) is 35.3 Å². The van der Waals surface area contributed by atoms with E-state index in [1.165, 1.54) is 18.5 Å². The van der Waals surface area contributed by atoms with Crippen molar-refractivity contribution in [2.45, 2.75) is 38.1 Å². The SMILES string of the molecule is O=C([C@@H]1CSCN1Cc1cc(Cl)c(CO)cc1Cl)N1CCN(C2CC2)c2ccccc21. The molecule has 1 amide bonds. The topological polar surface area (TPSA) is 47.0 Å². The zero-order valence-electron chi connectivity index (χ0n) is 17.1. The maximum Gasteiger partial charge on any atom is 0.245 e. The van der Waals surface area contributed by atoms with Gasteiger partial charge < -0.3 is 14.9 Å². The highest BCUT2D eigenvalue weighted by molar-refractivity contribution is 7.99. The number of anilines is 2. The zero-order chi connectivity index (χ0) is 21.5. The quantitative estimate of drug-likeness (QED) is 0.692. The number of halogens is 2. The fraction of sp³-hybridized carbons (Fsp3) is 0.435. The molecule has 8 heteroatoms. The molecule has 2 heterocycles.